The highest BCUT2D eigenvalue weighted by Crippen LogP contribution is 2.23. The van der Waals surface area contributed by atoms with Gasteiger partial charge in [0.05, 0.1) is 5.92 Å². The second-order valence-corrected chi connectivity index (χ2v) is 6.28. The van der Waals surface area contributed by atoms with Gasteiger partial charge in [0.1, 0.15) is 0 Å². The molecule has 1 heterocycles. The normalized spacial score (nSPS) is 11.4. The van der Waals surface area contributed by atoms with Crippen molar-refractivity contribution in [2.75, 3.05) is 10.6 Å². The topological polar surface area (TPSA) is 71.1 Å². The molecule has 0 fully saturated rings. The van der Waals surface area contributed by atoms with E-state index in [4.69, 9.17) is 0 Å². The van der Waals surface area contributed by atoms with Gasteiger partial charge < -0.3 is 10.6 Å². The molecular formula is C22H21N3O2. The van der Waals surface area contributed by atoms with E-state index in [1.54, 1.807) is 36.7 Å². The molecule has 136 valence electrons. The molecule has 0 aliphatic carbocycles. The van der Waals surface area contributed by atoms with Crippen molar-refractivity contribution >= 4 is 23.2 Å². The molecular weight excluding hydrogens is 338 g/mol. The van der Waals surface area contributed by atoms with E-state index in [1.165, 1.54) is 6.92 Å². The second kappa shape index (κ2) is 8.76. The number of carbonyl (C=O) groups is 2. The Bertz CT molecular complexity index is 894. The van der Waals surface area contributed by atoms with Crippen molar-refractivity contribution in [3.63, 3.8) is 0 Å². The first-order valence-electron chi connectivity index (χ1n) is 8.74. The highest BCUT2D eigenvalue weighted by atomic mass is 16.2. The minimum atomic E-state index is -0.328. The maximum atomic E-state index is 13.0. The summed E-state index contributed by atoms with van der Waals surface area (Å²) in [5.74, 6) is -0.546. The fraction of sp³-hybridized carbons (Fsp3) is 0.136. The maximum Gasteiger partial charge on any atom is 0.232 e. The third-order valence-electron chi connectivity index (χ3n) is 4.15. The van der Waals surface area contributed by atoms with E-state index in [2.05, 4.69) is 15.6 Å². The largest absolute Gasteiger partial charge is 0.326 e. The Labute approximate surface area is 158 Å². The molecule has 5 nitrogen and oxygen atoms in total. The van der Waals surface area contributed by atoms with Crippen LogP contribution in [0.4, 0.5) is 11.4 Å². The van der Waals surface area contributed by atoms with Crippen LogP contribution in [0.5, 0.6) is 0 Å². The van der Waals surface area contributed by atoms with Gasteiger partial charge in [-0.15, -0.1) is 0 Å². The summed E-state index contributed by atoms with van der Waals surface area (Å²) in [6.07, 6.45) is 4.07. The molecule has 0 aliphatic rings. The lowest BCUT2D eigenvalue weighted by molar-refractivity contribution is -0.117. The summed E-state index contributed by atoms with van der Waals surface area (Å²) >= 11 is 0. The number of hydrogen-bond donors (Lipinski definition) is 2. The summed E-state index contributed by atoms with van der Waals surface area (Å²) in [5, 5.41) is 5.68. The first-order valence-corrected chi connectivity index (χ1v) is 8.74. The summed E-state index contributed by atoms with van der Waals surface area (Å²) < 4.78 is 0. The summed E-state index contributed by atoms with van der Waals surface area (Å²) in [7, 11) is 0. The Hall–Kier alpha value is -3.47. The first kappa shape index (κ1) is 18.3. The minimum Gasteiger partial charge on any atom is -0.326 e. The van der Waals surface area contributed by atoms with Crippen LogP contribution in [-0.4, -0.2) is 16.8 Å². The van der Waals surface area contributed by atoms with Crippen LogP contribution >= 0.6 is 0 Å². The van der Waals surface area contributed by atoms with E-state index in [-0.39, 0.29) is 17.7 Å². The highest BCUT2D eigenvalue weighted by molar-refractivity contribution is 5.96. The molecule has 1 unspecified atom stereocenters. The van der Waals surface area contributed by atoms with Gasteiger partial charge in [0.15, 0.2) is 0 Å². The van der Waals surface area contributed by atoms with Gasteiger partial charge >= 0.3 is 0 Å². The predicted octanol–water partition coefficient (Wildman–Crippen LogP) is 4.01. The van der Waals surface area contributed by atoms with Gasteiger partial charge in [-0.1, -0.05) is 36.4 Å². The van der Waals surface area contributed by atoms with E-state index in [0.29, 0.717) is 17.8 Å². The van der Waals surface area contributed by atoms with Crippen LogP contribution in [0.1, 0.15) is 24.0 Å². The molecule has 0 bridgehead atoms. The zero-order chi connectivity index (χ0) is 19.1. The zero-order valence-electron chi connectivity index (χ0n) is 15.1. The summed E-state index contributed by atoms with van der Waals surface area (Å²) in [4.78, 5) is 28.2. The van der Waals surface area contributed by atoms with Crippen molar-refractivity contribution in [2.24, 2.45) is 0 Å². The molecule has 0 aliphatic heterocycles. The molecule has 27 heavy (non-hydrogen) atoms. The standard InChI is InChI=1S/C22H21N3O2/c1-16(26)24-19-9-11-20(12-10-19)25-22(27)21(18-7-3-2-4-8-18)14-17-6-5-13-23-15-17/h2-13,15,21H,14H2,1H3,(H,24,26)(H,25,27). The van der Waals surface area contributed by atoms with Crippen molar-refractivity contribution in [3.8, 4) is 0 Å². The molecule has 1 aromatic heterocycles. The summed E-state index contributed by atoms with van der Waals surface area (Å²) in [6, 6.07) is 20.6. The number of amides is 2. The highest BCUT2D eigenvalue weighted by Gasteiger charge is 2.21. The number of anilines is 2. The third-order valence-corrected chi connectivity index (χ3v) is 4.15. The Morgan fingerprint density at radius 3 is 2.15 bits per heavy atom. The van der Waals surface area contributed by atoms with E-state index in [1.807, 2.05) is 42.5 Å². The van der Waals surface area contributed by atoms with Gasteiger partial charge in [0, 0.05) is 30.7 Å². The lowest BCUT2D eigenvalue weighted by Crippen LogP contribution is -2.23. The molecule has 2 amide bonds. The number of nitrogens with one attached hydrogen (secondary N) is 2. The SMILES string of the molecule is CC(=O)Nc1ccc(NC(=O)C(Cc2cccnc2)c2ccccc2)cc1. The van der Waals surface area contributed by atoms with Crippen LogP contribution in [0.15, 0.2) is 79.1 Å². The van der Waals surface area contributed by atoms with Gasteiger partial charge in [-0.2, -0.15) is 0 Å². The third kappa shape index (κ3) is 5.25. The fourth-order valence-corrected chi connectivity index (χ4v) is 2.87. The van der Waals surface area contributed by atoms with Crippen LogP contribution in [-0.2, 0) is 16.0 Å². The van der Waals surface area contributed by atoms with Gasteiger partial charge in [-0.25, -0.2) is 0 Å². The lowest BCUT2D eigenvalue weighted by atomic mass is 9.91. The molecule has 0 saturated carbocycles. The van der Waals surface area contributed by atoms with Gasteiger partial charge in [0.25, 0.3) is 0 Å². The lowest BCUT2D eigenvalue weighted by Gasteiger charge is -2.17. The van der Waals surface area contributed by atoms with Crippen LogP contribution in [0.3, 0.4) is 0 Å². The number of benzene rings is 2. The average Bonchev–Trinajstić information content (AvgIpc) is 2.68. The van der Waals surface area contributed by atoms with E-state index < -0.39 is 0 Å². The van der Waals surface area contributed by atoms with Gasteiger partial charge in [0.2, 0.25) is 11.8 Å². The molecule has 3 rings (SSSR count). The van der Waals surface area contributed by atoms with Crippen molar-refractivity contribution < 1.29 is 9.59 Å². The minimum absolute atomic E-state index is 0.0858. The number of hydrogen-bond acceptors (Lipinski definition) is 3. The number of nitrogens with zero attached hydrogens (tertiary/aromatic N) is 1. The molecule has 0 radical (unpaired) electrons. The van der Waals surface area contributed by atoms with E-state index in [9.17, 15) is 9.59 Å². The van der Waals surface area contributed by atoms with Crippen molar-refractivity contribution in [2.45, 2.75) is 19.3 Å². The molecule has 0 spiro atoms. The monoisotopic (exact) mass is 359 g/mol. The predicted molar refractivity (Wildman–Crippen MR) is 106 cm³/mol. The second-order valence-electron chi connectivity index (χ2n) is 6.28. The number of carbonyl (C=O) groups excluding carboxylic acids is 2. The van der Waals surface area contributed by atoms with Crippen molar-refractivity contribution in [1.29, 1.82) is 0 Å². The molecule has 2 N–H and O–H groups in total. The van der Waals surface area contributed by atoms with Crippen molar-refractivity contribution in [1.82, 2.24) is 4.98 Å². The molecule has 2 aromatic carbocycles. The Morgan fingerprint density at radius 2 is 1.56 bits per heavy atom. The summed E-state index contributed by atoms with van der Waals surface area (Å²) in [5.41, 5.74) is 3.33. The van der Waals surface area contributed by atoms with Crippen LogP contribution in [0, 0.1) is 0 Å². The van der Waals surface area contributed by atoms with Crippen LogP contribution in [0.25, 0.3) is 0 Å². The smallest absolute Gasteiger partial charge is 0.232 e. The first-order chi connectivity index (χ1) is 13.1. The fourth-order valence-electron chi connectivity index (χ4n) is 2.87. The van der Waals surface area contributed by atoms with Crippen LogP contribution in [0.2, 0.25) is 0 Å². The van der Waals surface area contributed by atoms with E-state index in [0.717, 1.165) is 11.1 Å². The number of pyridine rings is 1. The quantitative estimate of drug-likeness (QED) is 0.699. The van der Waals surface area contributed by atoms with Crippen LogP contribution < -0.4 is 10.6 Å². The molecule has 0 saturated heterocycles. The average molecular weight is 359 g/mol. The number of aromatic nitrogens is 1. The van der Waals surface area contributed by atoms with Crippen molar-refractivity contribution in [3.05, 3.63) is 90.3 Å². The summed E-state index contributed by atoms with van der Waals surface area (Å²) in [6.45, 7) is 1.46. The Kier molecular flexibility index (Phi) is 5.94. The zero-order valence-corrected chi connectivity index (χ0v) is 15.1. The van der Waals surface area contributed by atoms with Gasteiger partial charge in [-0.05, 0) is 47.9 Å². The maximum absolute atomic E-state index is 13.0. The van der Waals surface area contributed by atoms with Gasteiger partial charge in [-0.3, -0.25) is 14.6 Å². The Balaban J connectivity index is 1.77. The Morgan fingerprint density at radius 1 is 0.889 bits per heavy atom. The molecule has 3 aromatic rings. The molecule has 1 atom stereocenters. The van der Waals surface area contributed by atoms with E-state index >= 15 is 0 Å². The molecule has 5 heteroatoms. The number of rotatable bonds is 6.